The average molecular weight is 149 g/mol. The molecule has 2 aromatic heterocycles. The van der Waals surface area contributed by atoms with Gasteiger partial charge in [-0.2, -0.15) is 0 Å². The lowest BCUT2D eigenvalue weighted by Gasteiger charge is -1.97. The Labute approximate surface area is 62.9 Å². The summed E-state index contributed by atoms with van der Waals surface area (Å²) in [5.41, 5.74) is 6.49. The van der Waals surface area contributed by atoms with Gasteiger partial charge in [0.15, 0.2) is 0 Å². The van der Waals surface area contributed by atoms with Crippen molar-refractivity contribution < 1.29 is 0 Å². The second-order valence-electron chi connectivity index (χ2n) is 2.32. The summed E-state index contributed by atoms with van der Waals surface area (Å²) in [5, 5.41) is 7.44. The van der Waals surface area contributed by atoms with Crippen molar-refractivity contribution in [2.24, 2.45) is 0 Å². The lowest BCUT2D eigenvalue weighted by Crippen LogP contribution is -1.98. The van der Waals surface area contributed by atoms with Crippen molar-refractivity contribution in [3.8, 4) is 0 Å². The molecular weight excluding hydrogens is 142 g/mol. The van der Waals surface area contributed by atoms with Gasteiger partial charge in [-0.25, -0.2) is 4.98 Å². The minimum Gasteiger partial charge on any atom is -0.385 e. The van der Waals surface area contributed by atoms with Gasteiger partial charge >= 0.3 is 0 Å². The summed E-state index contributed by atoms with van der Waals surface area (Å²) in [7, 11) is 0. The standard InChI is InChI=1S/C6H7N5/c1-4-2-5(7)11-3-8-10-6(11)9-4/h2-3H,7H2,1H3. The lowest BCUT2D eigenvalue weighted by atomic mass is 10.4. The molecule has 0 saturated heterocycles. The first-order chi connectivity index (χ1) is 5.27. The van der Waals surface area contributed by atoms with Gasteiger partial charge < -0.3 is 5.73 Å². The number of fused-ring (bicyclic) bond motifs is 1. The average Bonchev–Trinajstić information content (AvgIpc) is 2.34. The zero-order valence-electron chi connectivity index (χ0n) is 6.02. The van der Waals surface area contributed by atoms with Crippen LogP contribution in [0.5, 0.6) is 0 Å². The van der Waals surface area contributed by atoms with E-state index in [0.717, 1.165) is 5.69 Å². The fourth-order valence-electron chi connectivity index (χ4n) is 0.961. The van der Waals surface area contributed by atoms with E-state index in [-0.39, 0.29) is 0 Å². The van der Waals surface area contributed by atoms with Crippen molar-refractivity contribution in [2.45, 2.75) is 6.92 Å². The van der Waals surface area contributed by atoms with Crippen LogP contribution in [0.15, 0.2) is 12.4 Å². The molecule has 0 radical (unpaired) electrons. The monoisotopic (exact) mass is 149 g/mol. The molecule has 0 fully saturated rings. The quantitative estimate of drug-likeness (QED) is 0.573. The van der Waals surface area contributed by atoms with Crippen LogP contribution in [0.25, 0.3) is 5.78 Å². The predicted octanol–water partition coefficient (Wildman–Crippen LogP) is 0.0149. The third-order valence-corrected chi connectivity index (χ3v) is 1.44. The highest BCUT2D eigenvalue weighted by Crippen LogP contribution is 2.05. The van der Waals surface area contributed by atoms with Crippen molar-refractivity contribution >= 4 is 11.6 Å². The minimum absolute atomic E-state index is 0.544. The van der Waals surface area contributed by atoms with Crippen LogP contribution in [-0.4, -0.2) is 19.6 Å². The third kappa shape index (κ3) is 0.813. The highest BCUT2D eigenvalue weighted by molar-refractivity contribution is 5.41. The summed E-state index contributed by atoms with van der Waals surface area (Å²) in [6.45, 7) is 1.87. The molecule has 5 heteroatoms. The minimum atomic E-state index is 0.544. The molecule has 2 rings (SSSR count). The van der Waals surface area contributed by atoms with Gasteiger partial charge in [0.05, 0.1) is 0 Å². The number of rotatable bonds is 0. The molecule has 2 heterocycles. The topological polar surface area (TPSA) is 69.1 Å². The number of aryl methyl sites for hydroxylation is 1. The van der Waals surface area contributed by atoms with E-state index in [1.807, 2.05) is 6.92 Å². The van der Waals surface area contributed by atoms with Crippen LogP contribution in [0.4, 0.5) is 5.82 Å². The number of nitrogens with two attached hydrogens (primary N) is 1. The Morgan fingerprint density at radius 2 is 2.36 bits per heavy atom. The van der Waals surface area contributed by atoms with E-state index < -0.39 is 0 Å². The summed E-state index contributed by atoms with van der Waals surface area (Å²) in [6.07, 6.45) is 1.54. The van der Waals surface area contributed by atoms with Crippen molar-refractivity contribution in [3.05, 3.63) is 18.1 Å². The smallest absolute Gasteiger partial charge is 0.256 e. The summed E-state index contributed by atoms with van der Waals surface area (Å²) in [5.74, 6) is 1.15. The van der Waals surface area contributed by atoms with Gasteiger partial charge in [0.1, 0.15) is 12.1 Å². The van der Waals surface area contributed by atoms with Crippen LogP contribution >= 0.6 is 0 Å². The van der Waals surface area contributed by atoms with Crippen molar-refractivity contribution in [1.82, 2.24) is 19.6 Å². The third-order valence-electron chi connectivity index (χ3n) is 1.44. The predicted molar refractivity (Wildman–Crippen MR) is 39.9 cm³/mol. The SMILES string of the molecule is Cc1cc(N)n2cnnc2n1. The van der Waals surface area contributed by atoms with Crippen LogP contribution in [-0.2, 0) is 0 Å². The highest BCUT2D eigenvalue weighted by atomic mass is 15.3. The Morgan fingerprint density at radius 1 is 1.55 bits per heavy atom. The number of anilines is 1. The Morgan fingerprint density at radius 3 is 3.18 bits per heavy atom. The molecule has 56 valence electrons. The second-order valence-corrected chi connectivity index (χ2v) is 2.32. The number of hydrogen-bond donors (Lipinski definition) is 1. The van der Waals surface area contributed by atoms with Crippen LogP contribution in [0, 0.1) is 6.92 Å². The zero-order chi connectivity index (χ0) is 7.84. The molecular formula is C6H7N5. The number of nitrogens with zero attached hydrogens (tertiary/aromatic N) is 4. The van der Waals surface area contributed by atoms with Crippen molar-refractivity contribution in [2.75, 3.05) is 5.73 Å². The van der Waals surface area contributed by atoms with Crippen LogP contribution in [0.3, 0.4) is 0 Å². The largest absolute Gasteiger partial charge is 0.385 e. The van der Waals surface area contributed by atoms with Crippen LogP contribution in [0.2, 0.25) is 0 Å². The fourth-order valence-corrected chi connectivity index (χ4v) is 0.961. The van der Waals surface area contributed by atoms with Crippen LogP contribution in [0.1, 0.15) is 5.69 Å². The first kappa shape index (κ1) is 6.09. The van der Waals surface area contributed by atoms with Gasteiger partial charge in [0.2, 0.25) is 0 Å². The van der Waals surface area contributed by atoms with E-state index in [1.54, 1.807) is 10.5 Å². The molecule has 2 aromatic rings. The van der Waals surface area contributed by atoms with Crippen molar-refractivity contribution in [3.63, 3.8) is 0 Å². The first-order valence-electron chi connectivity index (χ1n) is 3.20. The second kappa shape index (κ2) is 1.91. The zero-order valence-corrected chi connectivity index (χ0v) is 6.02. The molecule has 0 aliphatic carbocycles. The molecule has 0 atom stereocenters. The van der Waals surface area contributed by atoms with E-state index in [2.05, 4.69) is 15.2 Å². The molecule has 2 N–H and O–H groups in total. The van der Waals surface area contributed by atoms with E-state index in [9.17, 15) is 0 Å². The van der Waals surface area contributed by atoms with Gasteiger partial charge in [0, 0.05) is 11.8 Å². The number of aromatic nitrogens is 4. The Hall–Kier alpha value is -1.65. The van der Waals surface area contributed by atoms with E-state index >= 15 is 0 Å². The summed E-state index contributed by atoms with van der Waals surface area (Å²) < 4.78 is 1.63. The summed E-state index contributed by atoms with van der Waals surface area (Å²) >= 11 is 0. The van der Waals surface area contributed by atoms with Gasteiger partial charge in [-0.1, -0.05) is 0 Å². The summed E-state index contributed by atoms with van der Waals surface area (Å²) in [6, 6.07) is 1.77. The Balaban J connectivity index is 2.91. The fraction of sp³-hybridized carbons (Fsp3) is 0.167. The molecule has 5 nitrogen and oxygen atoms in total. The summed E-state index contributed by atoms with van der Waals surface area (Å²) in [4.78, 5) is 4.11. The normalized spacial score (nSPS) is 10.6. The molecule has 0 aliphatic heterocycles. The number of hydrogen-bond acceptors (Lipinski definition) is 4. The molecule has 11 heavy (non-hydrogen) atoms. The molecule has 0 amide bonds. The number of nitrogen functional groups attached to an aromatic ring is 1. The van der Waals surface area contributed by atoms with Gasteiger partial charge in [-0.05, 0) is 6.92 Å². The van der Waals surface area contributed by atoms with Gasteiger partial charge in [-0.3, -0.25) is 4.40 Å². The molecule has 0 saturated carbocycles. The van der Waals surface area contributed by atoms with E-state index in [0.29, 0.717) is 11.6 Å². The van der Waals surface area contributed by atoms with E-state index in [4.69, 9.17) is 5.73 Å². The maximum Gasteiger partial charge on any atom is 0.256 e. The molecule has 0 unspecified atom stereocenters. The maximum atomic E-state index is 5.64. The maximum absolute atomic E-state index is 5.64. The Kier molecular flexibility index (Phi) is 1.06. The van der Waals surface area contributed by atoms with Crippen LogP contribution < -0.4 is 5.73 Å². The molecule has 0 spiro atoms. The highest BCUT2D eigenvalue weighted by Gasteiger charge is 1.99. The van der Waals surface area contributed by atoms with Crippen molar-refractivity contribution in [1.29, 1.82) is 0 Å². The van der Waals surface area contributed by atoms with E-state index in [1.165, 1.54) is 6.33 Å². The first-order valence-corrected chi connectivity index (χ1v) is 3.20. The van der Waals surface area contributed by atoms with Gasteiger partial charge in [-0.15, -0.1) is 10.2 Å². The van der Waals surface area contributed by atoms with Gasteiger partial charge in [0.25, 0.3) is 5.78 Å². The molecule has 0 aliphatic rings. The molecule has 0 bridgehead atoms. The lowest BCUT2D eigenvalue weighted by molar-refractivity contribution is 1.07. The Bertz CT molecular complexity index is 391. The molecule has 0 aromatic carbocycles.